The van der Waals surface area contributed by atoms with E-state index in [9.17, 15) is 9.59 Å². The van der Waals surface area contributed by atoms with Gasteiger partial charge in [0.25, 0.3) is 11.5 Å². The second kappa shape index (κ2) is 8.19. The van der Waals surface area contributed by atoms with Gasteiger partial charge in [-0.1, -0.05) is 0 Å². The molecule has 3 rings (SSSR count). The third-order valence-corrected chi connectivity index (χ3v) is 4.90. The molecule has 0 spiro atoms. The molecular weight excluding hydrogens is 344 g/mol. The number of morpholine rings is 1. The van der Waals surface area contributed by atoms with Crippen LogP contribution in [0, 0.1) is 6.92 Å². The van der Waals surface area contributed by atoms with Crippen molar-refractivity contribution in [2.24, 2.45) is 0 Å². The zero-order valence-electron chi connectivity index (χ0n) is 16.5. The third kappa shape index (κ3) is 4.36. The molecule has 0 bridgehead atoms. The van der Waals surface area contributed by atoms with E-state index in [1.165, 1.54) is 0 Å². The predicted molar refractivity (Wildman–Crippen MR) is 105 cm³/mol. The summed E-state index contributed by atoms with van der Waals surface area (Å²) in [5.74, 6) is -0.125. The number of carbonyl (C=O) groups is 1. The average Bonchev–Trinajstić information content (AvgIpc) is 2.61. The van der Waals surface area contributed by atoms with Crippen molar-refractivity contribution in [2.45, 2.75) is 46.4 Å². The van der Waals surface area contributed by atoms with Gasteiger partial charge in [0.15, 0.2) is 0 Å². The van der Waals surface area contributed by atoms with E-state index < -0.39 is 0 Å². The van der Waals surface area contributed by atoms with Crippen LogP contribution in [0.25, 0.3) is 11.0 Å². The number of nitrogens with zero attached hydrogens (tertiary/aromatic N) is 3. The Morgan fingerprint density at radius 3 is 2.67 bits per heavy atom. The van der Waals surface area contributed by atoms with Crippen LogP contribution in [0.4, 0.5) is 0 Å². The molecule has 0 aliphatic carbocycles. The SMILES string of the molecule is CCn1c(=O)c(C)nc2cc(C(=O)NCCN3C[C@@H](C)O[C@@H](C)C3)ccc21. The maximum Gasteiger partial charge on any atom is 0.272 e. The number of rotatable bonds is 5. The zero-order valence-corrected chi connectivity index (χ0v) is 16.5. The second-order valence-corrected chi connectivity index (χ2v) is 7.22. The van der Waals surface area contributed by atoms with Gasteiger partial charge in [-0.25, -0.2) is 4.98 Å². The quantitative estimate of drug-likeness (QED) is 0.862. The Kier molecular flexibility index (Phi) is 5.92. The molecule has 0 unspecified atom stereocenters. The lowest BCUT2D eigenvalue weighted by molar-refractivity contribution is -0.0672. The minimum Gasteiger partial charge on any atom is -0.373 e. The van der Waals surface area contributed by atoms with Crippen molar-refractivity contribution >= 4 is 16.9 Å². The lowest BCUT2D eigenvalue weighted by Crippen LogP contribution is -2.47. The van der Waals surface area contributed by atoms with Gasteiger partial charge in [-0.05, 0) is 45.9 Å². The number of carbonyl (C=O) groups excluding carboxylic acids is 1. The highest BCUT2D eigenvalue weighted by molar-refractivity contribution is 5.97. The average molecular weight is 372 g/mol. The van der Waals surface area contributed by atoms with Gasteiger partial charge in [0.05, 0.1) is 23.2 Å². The highest BCUT2D eigenvalue weighted by atomic mass is 16.5. The summed E-state index contributed by atoms with van der Waals surface area (Å²) in [5.41, 5.74) is 2.33. The highest BCUT2D eigenvalue weighted by Gasteiger charge is 2.21. The summed E-state index contributed by atoms with van der Waals surface area (Å²) >= 11 is 0. The standard InChI is InChI=1S/C20H28N4O3/c1-5-24-18-7-6-16(10-17(18)22-15(4)20(24)26)19(25)21-8-9-23-11-13(2)27-14(3)12-23/h6-7,10,13-14H,5,8-9,11-12H2,1-4H3,(H,21,25)/t13-,14+. The Labute approximate surface area is 159 Å². The molecule has 1 saturated heterocycles. The minimum atomic E-state index is -0.125. The lowest BCUT2D eigenvalue weighted by Gasteiger charge is -2.35. The monoisotopic (exact) mass is 372 g/mol. The fraction of sp³-hybridized carbons (Fsp3) is 0.550. The van der Waals surface area contributed by atoms with Crippen molar-refractivity contribution in [2.75, 3.05) is 26.2 Å². The van der Waals surface area contributed by atoms with Crippen LogP contribution in [0.1, 0.15) is 36.8 Å². The number of hydrogen-bond donors (Lipinski definition) is 1. The molecule has 1 amide bonds. The molecule has 27 heavy (non-hydrogen) atoms. The first-order valence-corrected chi connectivity index (χ1v) is 9.56. The topological polar surface area (TPSA) is 76.5 Å². The first-order chi connectivity index (χ1) is 12.9. The molecule has 7 nitrogen and oxygen atoms in total. The molecule has 2 heterocycles. The summed E-state index contributed by atoms with van der Waals surface area (Å²) < 4.78 is 7.41. The molecule has 0 saturated carbocycles. The van der Waals surface area contributed by atoms with Gasteiger partial charge < -0.3 is 14.6 Å². The lowest BCUT2D eigenvalue weighted by atomic mass is 10.1. The number of ether oxygens (including phenoxy) is 1. The van der Waals surface area contributed by atoms with Gasteiger partial charge in [-0.15, -0.1) is 0 Å². The van der Waals surface area contributed by atoms with E-state index in [1.54, 1.807) is 29.7 Å². The van der Waals surface area contributed by atoms with Crippen molar-refractivity contribution < 1.29 is 9.53 Å². The van der Waals surface area contributed by atoms with Crippen LogP contribution >= 0.6 is 0 Å². The smallest absolute Gasteiger partial charge is 0.272 e. The van der Waals surface area contributed by atoms with E-state index in [2.05, 4.69) is 29.0 Å². The van der Waals surface area contributed by atoms with E-state index in [0.29, 0.717) is 29.9 Å². The predicted octanol–water partition coefficient (Wildman–Crippen LogP) is 1.56. The van der Waals surface area contributed by atoms with Gasteiger partial charge in [0.1, 0.15) is 5.69 Å². The fourth-order valence-electron chi connectivity index (χ4n) is 3.73. The van der Waals surface area contributed by atoms with Crippen LogP contribution in [-0.4, -0.2) is 58.7 Å². The Morgan fingerprint density at radius 2 is 2.00 bits per heavy atom. The third-order valence-electron chi connectivity index (χ3n) is 4.90. The van der Waals surface area contributed by atoms with Crippen molar-refractivity contribution in [1.29, 1.82) is 0 Å². The van der Waals surface area contributed by atoms with Crippen LogP contribution in [0.5, 0.6) is 0 Å². The van der Waals surface area contributed by atoms with Crippen LogP contribution in [-0.2, 0) is 11.3 Å². The van der Waals surface area contributed by atoms with Crippen LogP contribution in [0.2, 0.25) is 0 Å². The molecule has 1 aliphatic rings. The van der Waals surface area contributed by atoms with Crippen molar-refractivity contribution in [1.82, 2.24) is 19.8 Å². The molecule has 1 N–H and O–H groups in total. The van der Waals surface area contributed by atoms with Gasteiger partial charge in [0.2, 0.25) is 0 Å². The fourth-order valence-corrected chi connectivity index (χ4v) is 3.73. The summed E-state index contributed by atoms with van der Waals surface area (Å²) in [4.78, 5) is 31.4. The van der Waals surface area contributed by atoms with Gasteiger partial charge in [-0.3, -0.25) is 14.5 Å². The molecule has 1 aliphatic heterocycles. The Morgan fingerprint density at radius 1 is 1.30 bits per heavy atom. The summed E-state index contributed by atoms with van der Waals surface area (Å²) in [7, 11) is 0. The highest BCUT2D eigenvalue weighted by Crippen LogP contribution is 2.14. The number of hydrogen-bond acceptors (Lipinski definition) is 5. The van der Waals surface area contributed by atoms with Crippen molar-refractivity contribution in [3.8, 4) is 0 Å². The molecule has 0 radical (unpaired) electrons. The first-order valence-electron chi connectivity index (χ1n) is 9.56. The Bertz CT molecular complexity index is 883. The first kappa shape index (κ1) is 19.5. The van der Waals surface area contributed by atoms with Crippen LogP contribution in [0.3, 0.4) is 0 Å². The van der Waals surface area contributed by atoms with Gasteiger partial charge in [-0.2, -0.15) is 0 Å². The second-order valence-electron chi connectivity index (χ2n) is 7.22. The summed E-state index contributed by atoms with van der Waals surface area (Å²) in [6.07, 6.45) is 0.436. The number of amides is 1. The number of fused-ring (bicyclic) bond motifs is 1. The number of benzene rings is 1. The molecule has 2 atom stereocenters. The number of aryl methyl sites for hydroxylation is 2. The maximum absolute atomic E-state index is 12.5. The normalized spacial score (nSPS) is 20.7. The number of aromatic nitrogens is 2. The molecule has 146 valence electrons. The maximum atomic E-state index is 12.5. The van der Waals surface area contributed by atoms with E-state index in [4.69, 9.17) is 4.74 Å². The van der Waals surface area contributed by atoms with Gasteiger partial charge >= 0.3 is 0 Å². The van der Waals surface area contributed by atoms with Crippen molar-refractivity contribution in [3.63, 3.8) is 0 Å². The molecule has 2 aromatic rings. The Balaban J connectivity index is 1.67. The summed E-state index contributed by atoms with van der Waals surface area (Å²) in [5, 5.41) is 2.98. The van der Waals surface area contributed by atoms with Gasteiger partial charge in [0, 0.05) is 38.3 Å². The minimum absolute atomic E-state index is 0.0869. The van der Waals surface area contributed by atoms with Crippen molar-refractivity contribution in [3.05, 3.63) is 39.8 Å². The van der Waals surface area contributed by atoms with E-state index in [1.807, 2.05) is 6.92 Å². The van der Waals surface area contributed by atoms with Crippen LogP contribution in [0.15, 0.2) is 23.0 Å². The van der Waals surface area contributed by atoms with E-state index in [-0.39, 0.29) is 23.7 Å². The van der Waals surface area contributed by atoms with Crippen LogP contribution < -0.4 is 10.9 Å². The number of nitrogens with one attached hydrogen (secondary N) is 1. The summed E-state index contributed by atoms with van der Waals surface area (Å²) in [6, 6.07) is 5.30. The van der Waals surface area contributed by atoms with E-state index in [0.717, 1.165) is 25.2 Å². The van der Waals surface area contributed by atoms with E-state index >= 15 is 0 Å². The Hall–Kier alpha value is -2.25. The molecule has 1 fully saturated rings. The molecule has 1 aromatic carbocycles. The summed E-state index contributed by atoms with van der Waals surface area (Å²) in [6.45, 7) is 11.5. The largest absolute Gasteiger partial charge is 0.373 e. The molecule has 1 aromatic heterocycles. The molecule has 7 heteroatoms. The molecular formula is C20H28N4O3. The zero-order chi connectivity index (χ0) is 19.6.